The SMILES string of the molecule is Cc1occc1-c1nnc(SCC(=O)Nc2ccccc2C(=O)NCc2ccccc2)n1N. The number of carbonyl (C=O) groups is 2. The molecule has 10 heteroatoms. The van der Waals surface area contributed by atoms with E-state index in [9.17, 15) is 9.59 Å². The number of anilines is 1. The third-order valence-corrected chi connectivity index (χ3v) is 5.78. The summed E-state index contributed by atoms with van der Waals surface area (Å²) in [4.78, 5) is 25.2. The Morgan fingerprint density at radius 2 is 1.82 bits per heavy atom. The number of nitrogens with zero attached hydrogens (tertiary/aromatic N) is 3. The van der Waals surface area contributed by atoms with Crippen molar-refractivity contribution in [2.45, 2.75) is 18.6 Å². The van der Waals surface area contributed by atoms with Gasteiger partial charge in [0.1, 0.15) is 5.76 Å². The maximum atomic E-state index is 12.7. The first kappa shape index (κ1) is 22.2. The van der Waals surface area contributed by atoms with Gasteiger partial charge < -0.3 is 20.9 Å². The highest BCUT2D eigenvalue weighted by atomic mass is 32.2. The second-order valence-electron chi connectivity index (χ2n) is 7.12. The molecule has 2 aromatic carbocycles. The summed E-state index contributed by atoms with van der Waals surface area (Å²) < 4.78 is 6.60. The van der Waals surface area contributed by atoms with Gasteiger partial charge in [-0.2, -0.15) is 0 Å². The number of hydrogen-bond acceptors (Lipinski definition) is 7. The third-order valence-electron chi connectivity index (χ3n) is 4.84. The highest BCUT2D eigenvalue weighted by Crippen LogP contribution is 2.25. The topological polar surface area (TPSA) is 128 Å². The minimum atomic E-state index is -0.299. The van der Waals surface area contributed by atoms with E-state index in [1.165, 1.54) is 4.68 Å². The van der Waals surface area contributed by atoms with Crippen molar-refractivity contribution < 1.29 is 14.0 Å². The summed E-state index contributed by atoms with van der Waals surface area (Å²) in [5, 5.41) is 14.2. The van der Waals surface area contributed by atoms with Crippen LogP contribution in [0.2, 0.25) is 0 Å². The molecule has 0 bridgehead atoms. The lowest BCUT2D eigenvalue weighted by atomic mass is 10.1. The second-order valence-corrected chi connectivity index (χ2v) is 8.06. The molecule has 0 unspecified atom stereocenters. The first-order valence-electron chi connectivity index (χ1n) is 10.1. The molecule has 2 aromatic heterocycles. The molecule has 0 aliphatic heterocycles. The number of amides is 2. The van der Waals surface area contributed by atoms with Gasteiger partial charge in [-0.05, 0) is 30.7 Å². The van der Waals surface area contributed by atoms with E-state index in [0.29, 0.717) is 34.5 Å². The van der Waals surface area contributed by atoms with E-state index in [-0.39, 0.29) is 17.6 Å². The predicted molar refractivity (Wildman–Crippen MR) is 126 cm³/mol. The zero-order valence-electron chi connectivity index (χ0n) is 17.8. The normalized spacial score (nSPS) is 10.7. The van der Waals surface area contributed by atoms with Gasteiger partial charge >= 0.3 is 0 Å². The molecule has 0 saturated heterocycles. The van der Waals surface area contributed by atoms with E-state index < -0.39 is 0 Å². The number of hydrogen-bond donors (Lipinski definition) is 3. The van der Waals surface area contributed by atoms with E-state index >= 15 is 0 Å². The van der Waals surface area contributed by atoms with Crippen LogP contribution < -0.4 is 16.5 Å². The van der Waals surface area contributed by atoms with Crippen LogP contribution in [-0.2, 0) is 11.3 Å². The summed E-state index contributed by atoms with van der Waals surface area (Å²) in [7, 11) is 0. The molecule has 2 heterocycles. The molecule has 4 aromatic rings. The molecule has 0 spiro atoms. The molecule has 0 fully saturated rings. The summed E-state index contributed by atoms with van der Waals surface area (Å²) in [5.41, 5.74) is 2.53. The molecule has 9 nitrogen and oxygen atoms in total. The summed E-state index contributed by atoms with van der Waals surface area (Å²) in [6, 6.07) is 18.2. The zero-order chi connectivity index (χ0) is 23.2. The summed E-state index contributed by atoms with van der Waals surface area (Å²) in [6.07, 6.45) is 1.55. The first-order chi connectivity index (χ1) is 16.0. The van der Waals surface area contributed by atoms with Gasteiger partial charge in [-0.3, -0.25) is 9.59 Å². The number of thioether (sulfide) groups is 1. The van der Waals surface area contributed by atoms with Crippen molar-refractivity contribution in [1.82, 2.24) is 20.2 Å². The molecule has 0 aliphatic carbocycles. The minimum absolute atomic E-state index is 0.0413. The number of rotatable bonds is 8. The van der Waals surface area contributed by atoms with E-state index in [1.54, 1.807) is 43.5 Å². The Morgan fingerprint density at radius 1 is 1.06 bits per heavy atom. The van der Waals surface area contributed by atoms with Crippen LogP contribution in [0.5, 0.6) is 0 Å². The molecule has 168 valence electrons. The van der Waals surface area contributed by atoms with Gasteiger partial charge in [0.05, 0.1) is 28.8 Å². The van der Waals surface area contributed by atoms with Crippen molar-refractivity contribution >= 4 is 29.3 Å². The van der Waals surface area contributed by atoms with Crippen molar-refractivity contribution in [3.63, 3.8) is 0 Å². The number of nitrogens with two attached hydrogens (primary N) is 1. The maximum absolute atomic E-state index is 12.7. The number of nitrogens with one attached hydrogen (secondary N) is 2. The Balaban J connectivity index is 1.37. The molecule has 0 saturated carbocycles. The lowest BCUT2D eigenvalue weighted by Gasteiger charge is -2.11. The van der Waals surface area contributed by atoms with Crippen LogP contribution in [0.15, 0.2) is 76.5 Å². The van der Waals surface area contributed by atoms with Gasteiger partial charge in [0.25, 0.3) is 5.91 Å². The van der Waals surface area contributed by atoms with Crippen LogP contribution in [0.4, 0.5) is 5.69 Å². The van der Waals surface area contributed by atoms with E-state index in [2.05, 4.69) is 20.8 Å². The van der Waals surface area contributed by atoms with E-state index in [1.807, 2.05) is 30.3 Å². The fraction of sp³-hybridized carbons (Fsp3) is 0.130. The molecule has 0 aliphatic rings. The Labute approximate surface area is 194 Å². The van der Waals surface area contributed by atoms with Crippen LogP contribution in [-0.4, -0.2) is 32.4 Å². The smallest absolute Gasteiger partial charge is 0.253 e. The lowest BCUT2D eigenvalue weighted by molar-refractivity contribution is -0.113. The fourth-order valence-electron chi connectivity index (χ4n) is 3.16. The maximum Gasteiger partial charge on any atom is 0.253 e. The van der Waals surface area contributed by atoms with Crippen molar-refractivity contribution in [2.24, 2.45) is 0 Å². The summed E-state index contributed by atoms with van der Waals surface area (Å²) in [6.45, 7) is 2.19. The van der Waals surface area contributed by atoms with E-state index in [4.69, 9.17) is 10.3 Å². The number of furan rings is 1. The number of nitrogen functional groups attached to an aromatic ring is 1. The van der Waals surface area contributed by atoms with Crippen LogP contribution in [0, 0.1) is 6.92 Å². The standard InChI is InChI=1S/C23H22N6O3S/c1-15-17(11-12-32-15)21-27-28-23(29(21)24)33-14-20(30)26-19-10-6-5-9-18(19)22(31)25-13-16-7-3-2-4-8-16/h2-12H,13-14,24H2,1H3,(H,25,31)(H,26,30). The van der Waals surface area contributed by atoms with Crippen LogP contribution in [0.25, 0.3) is 11.4 Å². The molecule has 2 amide bonds. The Hall–Kier alpha value is -4.05. The average Bonchev–Trinajstić information content (AvgIpc) is 3.41. The number of para-hydroxylation sites is 1. The van der Waals surface area contributed by atoms with Crippen LogP contribution in [0.1, 0.15) is 21.7 Å². The summed E-state index contributed by atoms with van der Waals surface area (Å²) >= 11 is 1.14. The van der Waals surface area contributed by atoms with Gasteiger partial charge in [0.2, 0.25) is 11.1 Å². The van der Waals surface area contributed by atoms with Gasteiger partial charge in [-0.25, -0.2) is 4.68 Å². The van der Waals surface area contributed by atoms with Crippen molar-refractivity contribution in [2.75, 3.05) is 16.9 Å². The Bertz CT molecular complexity index is 1270. The monoisotopic (exact) mass is 462 g/mol. The van der Waals surface area contributed by atoms with Gasteiger partial charge in [-0.15, -0.1) is 10.2 Å². The number of benzene rings is 2. The zero-order valence-corrected chi connectivity index (χ0v) is 18.6. The van der Waals surface area contributed by atoms with Gasteiger partial charge in [-0.1, -0.05) is 54.2 Å². The number of carbonyl (C=O) groups excluding carboxylic acids is 2. The molecule has 4 N–H and O–H groups in total. The number of aromatic nitrogens is 3. The Kier molecular flexibility index (Phi) is 6.75. The third kappa shape index (κ3) is 5.24. The van der Waals surface area contributed by atoms with Gasteiger partial charge in [0, 0.05) is 6.54 Å². The molecular formula is C23H22N6O3S. The number of aryl methyl sites for hydroxylation is 1. The molecule has 4 rings (SSSR count). The first-order valence-corrected chi connectivity index (χ1v) is 11.1. The lowest BCUT2D eigenvalue weighted by Crippen LogP contribution is -2.25. The average molecular weight is 463 g/mol. The highest BCUT2D eigenvalue weighted by molar-refractivity contribution is 7.99. The van der Waals surface area contributed by atoms with Crippen molar-refractivity contribution in [3.05, 3.63) is 83.8 Å². The van der Waals surface area contributed by atoms with Crippen molar-refractivity contribution in [1.29, 1.82) is 0 Å². The van der Waals surface area contributed by atoms with Crippen LogP contribution in [0.3, 0.4) is 0 Å². The largest absolute Gasteiger partial charge is 0.469 e. The summed E-state index contributed by atoms with van der Waals surface area (Å²) in [5.74, 6) is 6.68. The quantitative estimate of drug-likeness (QED) is 0.271. The highest BCUT2D eigenvalue weighted by Gasteiger charge is 2.18. The van der Waals surface area contributed by atoms with Crippen molar-refractivity contribution in [3.8, 4) is 11.4 Å². The predicted octanol–water partition coefficient (Wildman–Crippen LogP) is 3.22. The minimum Gasteiger partial charge on any atom is -0.469 e. The second kappa shape index (κ2) is 10.0. The molecule has 0 atom stereocenters. The molecular weight excluding hydrogens is 440 g/mol. The Morgan fingerprint density at radius 3 is 2.58 bits per heavy atom. The van der Waals surface area contributed by atoms with E-state index in [0.717, 1.165) is 22.9 Å². The molecule has 33 heavy (non-hydrogen) atoms. The van der Waals surface area contributed by atoms with Crippen LogP contribution >= 0.6 is 11.8 Å². The fourth-order valence-corrected chi connectivity index (χ4v) is 3.81. The van der Waals surface area contributed by atoms with Gasteiger partial charge in [0.15, 0.2) is 5.82 Å². The molecule has 0 radical (unpaired) electrons.